The minimum atomic E-state index is -1.55. The molecule has 1 amide bonds. The van der Waals surface area contributed by atoms with Gasteiger partial charge in [0.15, 0.2) is 0 Å². The Morgan fingerprint density at radius 3 is 2.33 bits per heavy atom. The molecule has 1 aliphatic heterocycles. The number of hydrogen-bond donors (Lipinski definition) is 1. The molecule has 0 bridgehead atoms. The molecule has 1 atom stereocenters. The minimum absolute atomic E-state index is 0.104. The lowest BCUT2D eigenvalue weighted by Gasteiger charge is -2.38. The molecule has 0 aliphatic carbocycles. The number of halogens is 3. The summed E-state index contributed by atoms with van der Waals surface area (Å²) in [6.07, 6.45) is -0.195. The molecule has 4 nitrogen and oxygen atoms in total. The Morgan fingerprint density at radius 1 is 1.33 bits per heavy atom. The highest BCUT2D eigenvalue weighted by atomic mass is 35.6. The Kier molecular flexibility index (Phi) is 6.48. The predicted octanol–water partition coefficient (Wildman–Crippen LogP) is 2.18. The number of ether oxygens (including phenoxy) is 1. The Balaban J connectivity index is 2.63. The normalized spacial score (nSPS) is 19.9. The first-order chi connectivity index (χ1) is 8.30. The molecule has 18 heavy (non-hydrogen) atoms. The minimum Gasteiger partial charge on any atom is -0.379 e. The topological polar surface area (TPSA) is 41.6 Å². The molecular weight excluding hydrogens is 298 g/mol. The fraction of sp³-hybridized carbons (Fsp3) is 0.909. The van der Waals surface area contributed by atoms with Crippen molar-refractivity contribution in [3.05, 3.63) is 0 Å². The Labute approximate surface area is 123 Å². The Morgan fingerprint density at radius 2 is 1.89 bits per heavy atom. The van der Waals surface area contributed by atoms with Crippen LogP contribution in [0.5, 0.6) is 0 Å². The second-order valence-electron chi connectivity index (χ2n) is 4.76. The molecule has 1 rings (SSSR count). The van der Waals surface area contributed by atoms with Gasteiger partial charge in [-0.1, -0.05) is 48.7 Å². The van der Waals surface area contributed by atoms with Gasteiger partial charge in [0.25, 0.3) is 0 Å². The Hall–Kier alpha value is 0.260. The highest BCUT2D eigenvalue weighted by Crippen LogP contribution is 2.32. The number of hydrogen-bond acceptors (Lipinski definition) is 3. The maximum Gasteiger partial charge on any atom is 0.223 e. The van der Waals surface area contributed by atoms with Crippen LogP contribution in [0.4, 0.5) is 0 Å². The summed E-state index contributed by atoms with van der Waals surface area (Å²) in [6.45, 7) is 6.38. The fourth-order valence-corrected chi connectivity index (χ4v) is 2.38. The lowest BCUT2D eigenvalue weighted by atomic mass is 10.1. The fourth-order valence-electron chi connectivity index (χ4n) is 1.80. The van der Waals surface area contributed by atoms with Crippen LogP contribution in [0.15, 0.2) is 0 Å². The lowest BCUT2D eigenvalue weighted by Crippen LogP contribution is -2.58. The van der Waals surface area contributed by atoms with Crippen LogP contribution in [0, 0.1) is 5.92 Å². The number of amides is 1. The summed E-state index contributed by atoms with van der Waals surface area (Å²) in [7, 11) is 0. The van der Waals surface area contributed by atoms with Crippen molar-refractivity contribution < 1.29 is 9.53 Å². The molecule has 1 fully saturated rings. The molecule has 0 saturated carbocycles. The van der Waals surface area contributed by atoms with Crippen LogP contribution < -0.4 is 5.32 Å². The molecule has 0 unspecified atom stereocenters. The summed E-state index contributed by atoms with van der Waals surface area (Å²) >= 11 is 17.8. The second kappa shape index (κ2) is 7.15. The largest absolute Gasteiger partial charge is 0.379 e. The zero-order chi connectivity index (χ0) is 13.8. The first kappa shape index (κ1) is 16.3. The van der Waals surface area contributed by atoms with E-state index >= 15 is 0 Å². The van der Waals surface area contributed by atoms with Gasteiger partial charge in [-0.15, -0.1) is 0 Å². The van der Waals surface area contributed by atoms with Crippen molar-refractivity contribution in [2.24, 2.45) is 5.92 Å². The standard InChI is InChI=1S/C11H19Cl3N2O2/c1-8(2)7-9(17)15-10(11(12,13)14)16-3-5-18-6-4-16/h8,10H,3-7H2,1-2H3,(H,15,17)/t10-/m1/s1. The number of alkyl halides is 3. The van der Waals surface area contributed by atoms with Gasteiger partial charge in [0.1, 0.15) is 6.17 Å². The number of carbonyl (C=O) groups excluding carboxylic acids is 1. The van der Waals surface area contributed by atoms with Crippen molar-refractivity contribution in [2.45, 2.75) is 30.2 Å². The van der Waals surface area contributed by atoms with Gasteiger partial charge in [0.2, 0.25) is 9.70 Å². The molecule has 1 heterocycles. The van der Waals surface area contributed by atoms with Crippen molar-refractivity contribution in [3.8, 4) is 0 Å². The smallest absolute Gasteiger partial charge is 0.223 e. The van der Waals surface area contributed by atoms with Crippen LogP contribution >= 0.6 is 34.8 Å². The molecular formula is C11H19Cl3N2O2. The van der Waals surface area contributed by atoms with Crippen molar-refractivity contribution >= 4 is 40.7 Å². The molecule has 1 N–H and O–H groups in total. The molecule has 1 aliphatic rings. The van der Waals surface area contributed by atoms with Gasteiger partial charge in [0, 0.05) is 19.5 Å². The molecule has 0 aromatic rings. The van der Waals surface area contributed by atoms with Gasteiger partial charge in [-0.05, 0) is 5.92 Å². The zero-order valence-corrected chi connectivity index (χ0v) is 12.9. The van der Waals surface area contributed by atoms with E-state index in [-0.39, 0.29) is 11.8 Å². The molecule has 0 aromatic carbocycles. The number of nitrogens with zero attached hydrogens (tertiary/aromatic N) is 1. The average Bonchev–Trinajstić information content (AvgIpc) is 2.24. The Bertz CT molecular complexity index is 276. The van der Waals surface area contributed by atoms with E-state index in [2.05, 4.69) is 5.32 Å². The van der Waals surface area contributed by atoms with Crippen molar-refractivity contribution in [1.29, 1.82) is 0 Å². The quantitative estimate of drug-likeness (QED) is 0.808. The van der Waals surface area contributed by atoms with Gasteiger partial charge < -0.3 is 10.1 Å². The lowest BCUT2D eigenvalue weighted by molar-refractivity contribution is -0.124. The van der Waals surface area contributed by atoms with Crippen LogP contribution in [0.3, 0.4) is 0 Å². The molecule has 0 radical (unpaired) electrons. The summed E-state index contributed by atoms with van der Waals surface area (Å²) in [5.41, 5.74) is 0. The third-order valence-electron chi connectivity index (χ3n) is 2.61. The SMILES string of the molecule is CC(C)CC(=O)N[C@H](N1CCOCC1)C(Cl)(Cl)Cl. The van der Waals surface area contributed by atoms with E-state index < -0.39 is 9.96 Å². The second-order valence-corrected chi connectivity index (χ2v) is 7.13. The van der Waals surface area contributed by atoms with Crippen LogP contribution in [0.25, 0.3) is 0 Å². The third kappa shape index (κ3) is 5.49. The van der Waals surface area contributed by atoms with E-state index in [0.29, 0.717) is 32.7 Å². The first-order valence-electron chi connectivity index (χ1n) is 5.98. The van der Waals surface area contributed by atoms with E-state index in [0.717, 1.165) is 0 Å². The van der Waals surface area contributed by atoms with Crippen LogP contribution in [-0.2, 0) is 9.53 Å². The molecule has 1 saturated heterocycles. The summed E-state index contributed by atoms with van der Waals surface area (Å²) < 4.78 is 3.70. The van der Waals surface area contributed by atoms with E-state index in [1.807, 2.05) is 18.7 Å². The van der Waals surface area contributed by atoms with Crippen molar-refractivity contribution in [2.75, 3.05) is 26.3 Å². The van der Waals surface area contributed by atoms with Gasteiger partial charge in [-0.25, -0.2) is 0 Å². The van der Waals surface area contributed by atoms with Gasteiger partial charge >= 0.3 is 0 Å². The monoisotopic (exact) mass is 316 g/mol. The third-order valence-corrected chi connectivity index (χ3v) is 3.23. The van der Waals surface area contributed by atoms with Gasteiger partial charge in [0.05, 0.1) is 13.2 Å². The number of morpholine rings is 1. The molecule has 7 heteroatoms. The van der Waals surface area contributed by atoms with E-state index in [4.69, 9.17) is 39.5 Å². The first-order valence-corrected chi connectivity index (χ1v) is 7.12. The van der Waals surface area contributed by atoms with E-state index in [9.17, 15) is 4.79 Å². The average molecular weight is 318 g/mol. The highest BCUT2D eigenvalue weighted by molar-refractivity contribution is 6.68. The molecule has 106 valence electrons. The van der Waals surface area contributed by atoms with E-state index in [1.165, 1.54) is 0 Å². The molecule has 0 spiro atoms. The van der Waals surface area contributed by atoms with Crippen molar-refractivity contribution in [1.82, 2.24) is 10.2 Å². The summed E-state index contributed by atoms with van der Waals surface area (Å²) in [5, 5.41) is 2.79. The maximum atomic E-state index is 11.8. The van der Waals surface area contributed by atoms with Crippen molar-refractivity contribution in [3.63, 3.8) is 0 Å². The number of carbonyl (C=O) groups is 1. The number of rotatable bonds is 4. The highest BCUT2D eigenvalue weighted by Gasteiger charge is 2.38. The van der Waals surface area contributed by atoms with Gasteiger partial charge in [-0.2, -0.15) is 0 Å². The summed E-state index contributed by atoms with van der Waals surface area (Å²) in [4.78, 5) is 13.7. The maximum absolute atomic E-state index is 11.8. The van der Waals surface area contributed by atoms with Crippen LogP contribution in [0.1, 0.15) is 20.3 Å². The van der Waals surface area contributed by atoms with E-state index in [1.54, 1.807) is 0 Å². The molecule has 0 aromatic heterocycles. The summed E-state index contributed by atoms with van der Waals surface area (Å²) in [5.74, 6) is 0.165. The van der Waals surface area contributed by atoms with Crippen LogP contribution in [-0.4, -0.2) is 47.1 Å². The zero-order valence-electron chi connectivity index (χ0n) is 10.6. The van der Waals surface area contributed by atoms with Crippen LogP contribution in [0.2, 0.25) is 0 Å². The summed E-state index contributed by atoms with van der Waals surface area (Å²) in [6, 6.07) is 0. The predicted molar refractivity (Wildman–Crippen MR) is 74.1 cm³/mol. The van der Waals surface area contributed by atoms with Gasteiger partial charge in [-0.3, -0.25) is 9.69 Å². The number of nitrogens with one attached hydrogen (secondary N) is 1.